The first-order chi connectivity index (χ1) is 16.0. The van der Waals surface area contributed by atoms with E-state index >= 15 is 0 Å². The van der Waals surface area contributed by atoms with Crippen LogP contribution in [0.1, 0.15) is 30.9 Å². The van der Waals surface area contributed by atoms with Crippen molar-refractivity contribution in [1.82, 2.24) is 15.1 Å². The van der Waals surface area contributed by atoms with Crippen molar-refractivity contribution in [2.45, 2.75) is 32.7 Å². The molecular weight excluding hydrogens is 412 g/mol. The second kappa shape index (κ2) is 9.18. The third-order valence-corrected chi connectivity index (χ3v) is 7.43. The molecule has 0 aromatic heterocycles. The second-order valence-corrected chi connectivity index (χ2v) is 10.1. The van der Waals surface area contributed by atoms with E-state index in [1.807, 2.05) is 29.2 Å². The number of amides is 3. The summed E-state index contributed by atoms with van der Waals surface area (Å²) >= 11 is 0. The molecule has 5 rings (SSSR count). The van der Waals surface area contributed by atoms with Gasteiger partial charge in [0.25, 0.3) is 0 Å². The van der Waals surface area contributed by atoms with Crippen LogP contribution in [0, 0.1) is 17.3 Å². The molecule has 1 saturated carbocycles. The zero-order valence-electron chi connectivity index (χ0n) is 19.4. The number of rotatable bonds is 7. The predicted octanol–water partition coefficient (Wildman–Crippen LogP) is 3.74. The second-order valence-electron chi connectivity index (χ2n) is 10.1. The highest BCUT2D eigenvalue weighted by Gasteiger charge is 2.57. The molecule has 0 radical (unpaired) electrons. The van der Waals surface area contributed by atoms with E-state index in [9.17, 15) is 9.59 Å². The van der Waals surface area contributed by atoms with Crippen molar-refractivity contribution in [2.24, 2.45) is 17.3 Å². The Balaban J connectivity index is 1.24. The van der Waals surface area contributed by atoms with Crippen molar-refractivity contribution in [1.29, 1.82) is 0 Å². The topological polar surface area (TPSA) is 64.7 Å². The number of aryl methyl sites for hydroxylation is 1. The molecule has 2 N–H and O–H groups in total. The first-order valence-electron chi connectivity index (χ1n) is 12.2. The third-order valence-electron chi connectivity index (χ3n) is 7.43. The molecule has 1 spiro atoms. The van der Waals surface area contributed by atoms with Crippen LogP contribution in [0.5, 0.6) is 0 Å². The van der Waals surface area contributed by atoms with Gasteiger partial charge in [-0.1, -0.05) is 49.4 Å². The van der Waals surface area contributed by atoms with Crippen molar-refractivity contribution >= 4 is 17.6 Å². The van der Waals surface area contributed by atoms with Gasteiger partial charge in [-0.2, -0.15) is 0 Å². The van der Waals surface area contributed by atoms with Gasteiger partial charge in [-0.25, -0.2) is 4.79 Å². The van der Waals surface area contributed by atoms with E-state index in [2.05, 4.69) is 52.8 Å². The number of nitrogens with zero attached hydrogens (tertiary/aromatic N) is 2. The highest BCUT2D eigenvalue weighted by atomic mass is 16.2. The van der Waals surface area contributed by atoms with Gasteiger partial charge in [0.1, 0.15) is 0 Å². The number of hydrogen-bond acceptors (Lipinski definition) is 3. The number of anilines is 1. The fraction of sp³-hybridized carbons (Fsp3) is 0.481. The van der Waals surface area contributed by atoms with Crippen molar-refractivity contribution in [3.63, 3.8) is 0 Å². The maximum Gasteiger partial charge on any atom is 0.321 e. The summed E-state index contributed by atoms with van der Waals surface area (Å²) in [5.74, 6) is 0.745. The summed E-state index contributed by atoms with van der Waals surface area (Å²) in [5.41, 5.74) is 3.13. The molecule has 3 fully saturated rings. The first kappa shape index (κ1) is 22.0. The van der Waals surface area contributed by atoms with E-state index in [-0.39, 0.29) is 23.3 Å². The number of carbonyl (C=O) groups is 2. The van der Waals surface area contributed by atoms with Gasteiger partial charge in [-0.15, -0.1) is 0 Å². The largest absolute Gasteiger partial charge is 0.356 e. The summed E-state index contributed by atoms with van der Waals surface area (Å²) in [4.78, 5) is 30.3. The summed E-state index contributed by atoms with van der Waals surface area (Å²) in [6.45, 7) is 6.58. The van der Waals surface area contributed by atoms with Crippen LogP contribution in [0.3, 0.4) is 0 Å². The maximum absolute atomic E-state index is 13.2. The molecule has 6 nitrogen and oxygen atoms in total. The van der Waals surface area contributed by atoms with Crippen molar-refractivity contribution in [3.8, 4) is 0 Å². The summed E-state index contributed by atoms with van der Waals surface area (Å²) < 4.78 is 0. The Morgan fingerprint density at radius 3 is 2.48 bits per heavy atom. The Bertz CT molecular complexity index is 998. The lowest BCUT2D eigenvalue weighted by Crippen LogP contribution is -2.64. The molecule has 0 bridgehead atoms. The van der Waals surface area contributed by atoms with Gasteiger partial charge in [0, 0.05) is 50.4 Å². The molecule has 1 aliphatic carbocycles. The van der Waals surface area contributed by atoms with Gasteiger partial charge >= 0.3 is 6.03 Å². The summed E-state index contributed by atoms with van der Waals surface area (Å²) in [5, 5.41) is 6.25. The van der Waals surface area contributed by atoms with E-state index in [1.165, 1.54) is 24.0 Å². The van der Waals surface area contributed by atoms with Crippen LogP contribution < -0.4 is 10.6 Å². The highest BCUT2D eigenvalue weighted by Crippen LogP contribution is 2.45. The molecule has 3 aliphatic rings. The van der Waals surface area contributed by atoms with Gasteiger partial charge in [0.15, 0.2) is 0 Å². The molecular formula is C27H34N4O2. The van der Waals surface area contributed by atoms with Crippen LogP contribution in [-0.2, 0) is 17.8 Å². The van der Waals surface area contributed by atoms with E-state index in [4.69, 9.17) is 0 Å². The Morgan fingerprint density at radius 1 is 1.00 bits per heavy atom. The standard InChI is InChI=1S/C27H34N4O2/c1-2-20-9-6-10-23(13-20)29-26(33)31-18-27(19-31)17-30(15-22-7-4-3-5-8-22)16-24(27)25(32)28-14-21-11-12-21/h3-10,13,21,24H,2,11-12,14-19H2,1H3,(H,28,32)(H,29,33). The zero-order chi connectivity index (χ0) is 22.8. The zero-order valence-corrected chi connectivity index (χ0v) is 19.4. The molecule has 2 aromatic rings. The van der Waals surface area contributed by atoms with Crippen molar-refractivity contribution in [2.75, 3.05) is 38.0 Å². The first-order valence-corrected chi connectivity index (χ1v) is 12.2. The summed E-state index contributed by atoms with van der Waals surface area (Å²) in [7, 11) is 0. The molecule has 2 aromatic carbocycles. The van der Waals surface area contributed by atoms with Gasteiger partial charge in [-0.3, -0.25) is 9.69 Å². The van der Waals surface area contributed by atoms with E-state index < -0.39 is 0 Å². The summed E-state index contributed by atoms with van der Waals surface area (Å²) in [6.07, 6.45) is 3.39. The van der Waals surface area contributed by atoms with Crippen molar-refractivity contribution in [3.05, 3.63) is 65.7 Å². The van der Waals surface area contributed by atoms with E-state index in [0.29, 0.717) is 19.0 Å². The minimum atomic E-state index is -0.162. The van der Waals surface area contributed by atoms with Crippen LogP contribution in [0.15, 0.2) is 54.6 Å². The number of urea groups is 1. The molecule has 3 amide bonds. The number of likely N-dealkylation sites (tertiary alicyclic amines) is 2. The Morgan fingerprint density at radius 2 is 1.76 bits per heavy atom. The number of nitrogens with one attached hydrogen (secondary N) is 2. The van der Waals surface area contributed by atoms with Gasteiger partial charge in [-0.05, 0) is 48.4 Å². The average Bonchev–Trinajstić information content (AvgIpc) is 3.56. The Hall–Kier alpha value is -2.86. The maximum atomic E-state index is 13.2. The lowest BCUT2D eigenvalue weighted by atomic mass is 9.71. The lowest BCUT2D eigenvalue weighted by Gasteiger charge is -2.50. The fourth-order valence-electron chi connectivity index (χ4n) is 5.33. The monoisotopic (exact) mass is 446 g/mol. The van der Waals surface area contributed by atoms with Crippen LogP contribution in [0.4, 0.5) is 10.5 Å². The summed E-state index contributed by atoms with van der Waals surface area (Å²) in [6, 6.07) is 18.3. The number of carbonyl (C=O) groups excluding carboxylic acids is 2. The molecule has 2 saturated heterocycles. The molecule has 6 heteroatoms. The van der Waals surface area contributed by atoms with Gasteiger partial charge in [0.2, 0.25) is 5.91 Å². The average molecular weight is 447 g/mol. The van der Waals surface area contributed by atoms with Crippen LogP contribution in [0.25, 0.3) is 0 Å². The van der Waals surface area contributed by atoms with Crippen LogP contribution in [0.2, 0.25) is 0 Å². The molecule has 1 unspecified atom stereocenters. The lowest BCUT2D eigenvalue weighted by molar-refractivity contribution is -0.131. The predicted molar refractivity (Wildman–Crippen MR) is 130 cm³/mol. The van der Waals surface area contributed by atoms with E-state index in [0.717, 1.165) is 38.3 Å². The molecule has 33 heavy (non-hydrogen) atoms. The highest BCUT2D eigenvalue weighted by molar-refractivity contribution is 5.90. The Labute approximate surface area is 196 Å². The SMILES string of the molecule is CCc1cccc(NC(=O)N2CC3(CN(Cc4ccccc4)CC3C(=O)NCC3CC3)C2)c1. The minimum Gasteiger partial charge on any atom is -0.356 e. The van der Waals surface area contributed by atoms with Crippen LogP contribution >= 0.6 is 0 Å². The van der Waals surface area contributed by atoms with E-state index in [1.54, 1.807) is 0 Å². The van der Waals surface area contributed by atoms with Gasteiger partial charge < -0.3 is 15.5 Å². The quantitative estimate of drug-likeness (QED) is 0.681. The van der Waals surface area contributed by atoms with Crippen molar-refractivity contribution < 1.29 is 9.59 Å². The van der Waals surface area contributed by atoms with Crippen LogP contribution in [-0.4, -0.2) is 54.5 Å². The minimum absolute atomic E-state index is 0.0764. The van der Waals surface area contributed by atoms with Gasteiger partial charge in [0.05, 0.1) is 5.92 Å². The normalized spacial score (nSPS) is 21.6. The Kier molecular flexibility index (Phi) is 6.11. The number of benzene rings is 2. The molecule has 2 aliphatic heterocycles. The fourth-order valence-corrected chi connectivity index (χ4v) is 5.33. The third kappa shape index (κ3) is 4.91. The molecule has 1 atom stereocenters. The molecule has 174 valence electrons. The smallest absolute Gasteiger partial charge is 0.321 e. The molecule has 2 heterocycles. The number of hydrogen-bond donors (Lipinski definition) is 2.